The van der Waals surface area contributed by atoms with Crippen molar-refractivity contribution in [1.29, 1.82) is 0 Å². The van der Waals surface area contributed by atoms with E-state index in [2.05, 4.69) is 12.2 Å². The van der Waals surface area contributed by atoms with Crippen molar-refractivity contribution in [3.8, 4) is 5.75 Å². The smallest absolute Gasteiger partial charge is 0.281 e. The van der Waals surface area contributed by atoms with Gasteiger partial charge in [0.25, 0.3) is 16.1 Å². The van der Waals surface area contributed by atoms with Gasteiger partial charge in [-0.2, -0.15) is 17.0 Å². The van der Waals surface area contributed by atoms with E-state index in [4.69, 9.17) is 4.74 Å². The van der Waals surface area contributed by atoms with E-state index in [1.54, 1.807) is 38.4 Å². The zero-order chi connectivity index (χ0) is 19.6. The fourth-order valence-electron chi connectivity index (χ4n) is 3.29. The zero-order valence-electron chi connectivity index (χ0n) is 16.2. The maximum Gasteiger partial charge on any atom is 0.281 e. The minimum Gasteiger partial charge on any atom is -0.490 e. The first-order valence-corrected chi connectivity index (χ1v) is 10.9. The Morgan fingerprint density at radius 2 is 1.74 bits per heavy atom. The molecular formula is C19H29N3O4S. The van der Waals surface area contributed by atoms with E-state index in [1.165, 1.54) is 21.5 Å². The molecule has 1 heterocycles. The van der Waals surface area contributed by atoms with Gasteiger partial charge in [0.1, 0.15) is 11.9 Å². The fraction of sp³-hybridized carbons (Fsp3) is 0.632. The van der Waals surface area contributed by atoms with Gasteiger partial charge >= 0.3 is 0 Å². The van der Waals surface area contributed by atoms with Crippen LogP contribution in [0.2, 0.25) is 0 Å². The number of hydrogen-bond acceptors (Lipinski definition) is 4. The predicted octanol–water partition coefficient (Wildman–Crippen LogP) is 1.86. The van der Waals surface area contributed by atoms with Gasteiger partial charge in [-0.3, -0.25) is 4.79 Å². The summed E-state index contributed by atoms with van der Waals surface area (Å²) in [7, 11) is -0.271. The number of benzene rings is 1. The van der Waals surface area contributed by atoms with E-state index in [0.29, 0.717) is 43.2 Å². The number of hydrogen-bond donors (Lipinski definition) is 1. The van der Waals surface area contributed by atoms with Gasteiger partial charge in [-0.1, -0.05) is 0 Å². The Morgan fingerprint density at radius 1 is 1.15 bits per heavy atom. The summed E-state index contributed by atoms with van der Waals surface area (Å²) in [6.45, 7) is 2.95. The van der Waals surface area contributed by atoms with Crippen LogP contribution in [0, 0.1) is 5.92 Å². The molecule has 1 atom stereocenters. The minimum atomic E-state index is -3.36. The zero-order valence-corrected chi connectivity index (χ0v) is 17.0. The van der Waals surface area contributed by atoms with E-state index in [9.17, 15) is 13.2 Å². The summed E-state index contributed by atoms with van der Waals surface area (Å²) in [6, 6.07) is 7.38. The molecule has 3 rings (SSSR count). The second-order valence-corrected chi connectivity index (χ2v) is 9.77. The molecule has 8 heteroatoms. The quantitative estimate of drug-likeness (QED) is 0.764. The normalized spacial score (nSPS) is 20.4. The van der Waals surface area contributed by atoms with Crippen LogP contribution in [-0.4, -0.2) is 62.3 Å². The molecule has 1 aromatic carbocycles. The summed E-state index contributed by atoms with van der Waals surface area (Å²) in [5, 5.41) is 3.04. The molecule has 1 aliphatic carbocycles. The Balaban J connectivity index is 1.50. The number of piperidine rings is 1. The molecule has 1 aromatic rings. The number of carbonyl (C=O) groups is 1. The Bertz CT molecular complexity index is 752. The van der Waals surface area contributed by atoms with Crippen molar-refractivity contribution in [1.82, 2.24) is 13.9 Å². The van der Waals surface area contributed by atoms with Gasteiger partial charge in [0.05, 0.1) is 0 Å². The summed E-state index contributed by atoms with van der Waals surface area (Å²) in [6.07, 6.45) is 3.67. The van der Waals surface area contributed by atoms with Crippen LogP contribution in [0.4, 0.5) is 0 Å². The lowest BCUT2D eigenvalue weighted by Crippen LogP contribution is -2.46. The summed E-state index contributed by atoms with van der Waals surface area (Å²) in [5.41, 5.74) is 0.627. The molecule has 27 heavy (non-hydrogen) atoms. The summed E-state index contributed by atoms with van der Waals surface area (Å²) in [5.74, 6) is 1.28. The highest BCUT2D eigenvalue weighted by Crippen LogP contribution is 2.32. The molecule has 2 aliphatic rings. The SMILES string of the molecule is C[C@@H](NC(=O)c1ccc(OC2CCN(S(=O)(=O)N(C)C)CC2)cc1)C1CC1. The van der Waals surface area contributed by atoms with Gasteiger partial charge in [0.15, 0.2) is 0 Å². The molecule has 1 aliphatic heterocycles. The summed E-state index contributed by atoms with van der Waals surface area (Å²) in [4.78, 5) is 12.3. The van der Waals surface area contributed by atoms with Crippen LogP contribution in [0.5, 0.6) is 5.75 Å². The Morgan fingerprint density at radius 3 is 2.26 bits per heavy atom. The van der Waals surface area contributed by atoms with Gasteiger partial charge < -0.3 is 10.1 Å². The van der Waals surface area contributed by atoms with Crippen LogP contribution in [0.3, 0.4) is 0 Å². The average molecular weight is 396 g/mol. The van der Waals surface area contributed by atoms with Crippen molar-refractivity contribution in [2.75, 3.05) is 27.2 Å². The van der Waals surface area contributed by atoms with Gasteiger partial charge in [0, 0.05) is 38.8 Å². The van der Waals surface area contributed by atoms with Crippen molar-refractivity contribution < 1.29 is 17.9 Å². The van der Waals surface area contributed by atoms with Crippen LogP contribution < -0.4 is 10.1 Å². The maximum absolute atomic E-state index is 12.3. The van der Waals surface area contributed by atoms with E-state index in [-0.39, 0.29) is 18.1 Å². The molecule has 0 bridgehead atoms. The number of amides is 1. The van der Waals surface area contributed by atoms with Gasteiger partial charge in [0.2, 0.25) is 0 Å². The lowest BCUT2D eigenvalue weighted by atomic mass is 10.1. The third-order valence-electron chi connectivity index (χ3n) is 5.30. The van der Waals surface area contributed by atoms with Crippen molar-refractivity contribution >= 4 is 16.1 Å². The van der Waals surface area contributed by atoms with E-state index in [1.807, 2.05) is 0 Å². The van der Waals surface area contributed by atoms with Crippen molar-refractivity contribution in [3.05, 3.63) is 29.8 Å². The number of nitrogens with one attached hydrogen (secondary N) is 1. The van der Waals surface area contributed by atoms with Crippen molar-refractivity contribution in [3.63, 3.8) is 0 Å². The van der Waals surface area contributed by atoms with Gasteiger partial charge in [-0.15, -0.1) is 0 Å². The topological polar surface area (TPSA) is 79.0 Å². The lowest BCUT2D eigenvalue weighted by molar-refractivity contribution is 0.0935. The highest BCUT2D eigenvalue weighted by Gasteiger charge is 2.31. The third-order valence-corrected chi connectivity index (χ3v) is 7.24. The second kappa shape index (κ2) is 8.16. The number of carbonyl (C=O) groups excluding carboxylic acids is 1. The molecule has 150 valence electrons. The molecule has 0 spiro atoms. The number of rotatable bonds is 7. The molecule has 1 amide bonds. The monoisotopic (exact) mass is 395 g/mol. The molecule has 1 saturated heterocycles. The first-order valence-electron chi connectivity index (χ1n) is 9.52. The van der Waals surface area contributed by atoms with Gasteiger partial charge in [-0.25, -0.2) is 0 Å². The third kappa shape index (κ3) is 5.00. The van der Waals surface area contributed by atoms with Crippen molar-refractivity contribution in [2.24, 2.45) is 5.92 Å². The van der Waals surface area contributed by atoms with Crippen LogP contribution >= 0.6 is 0 Å². The molecule has 7 nitrogen and oxygen atoms in total. The molecule has 0 aromatic heterocycles. The molecular weight excluding hydrogens is 366 g/mol. The number of ether oxygens (including phenoxy) is 1. The highest BCUT2D eigenvalue weighted by molar-refractivity contribution is 7.86. The molecule has 1 saturated carbocycles. The van der Waals surface area contributed by atoms with Gasteiger partial charge in [-0.05, 0) is 62.8 Å². The maximum atomic E-state index is 12.3. The Kier molecular flexibility index (Phi) is 6.08. The van der Waals surface area contributed by atoms with Crippen LogP contribution in [-0.2, 0) is 10.2 Å². The predicted molar refractivity (Wildman–Crippen MR) is 104 cm³/mol. The largest absolute Gasteiger partial charge is 0.490 e. The van der Waals surface area contributed by atoms with E-state index in [0.717, 1.165) is 0 Å². The first kappa shape index (κ1) is 20.1. The van der Waals surface area contributed by atoms with E-state index >= 15 is 0 Å². The average Bonchev–Trinajstić information content (AvgIpc) is 3.48. The standard InChI is InChI=1S/C19H29N3O4S/c1-14(15-4-5-15)20-19(23)16-6-8-17(9-7-16)26-18-10-12-22(13-11-18)27(24,25)21(2)3/h6-9,14-15,18H,4-5,10-13H2,1-3H3,(H,20,23)/t14-/m1/s1. The van der Waals surface area contributed by atoms with Crippen LogP contribution in [0.15, 0.2) is 24.3 Å². The first-order chi connectivity index (χ1) is 12.8. The number of nitrogens with zero attached hydrogens (tertiary/aromatic N) is 2. The highest BCUT2D eigenvalue weighted by atomic mass is 32.2. The minimum absolute atomic E-state index is 0.0202. The Hall–Kier alpha value is -1.64. The molecule has 0 unspecified atom stereocenters. The summed E-state index contributed by atoms with van der Waals surface area (Å²) < 4.78 is 33.0. The van der Waals surface area contributed by atoms with Crippen LogP contribution in [0.1, 0.15) is 43.0 Å². The lowest BCUT2D eigenvalue weighted by Gasteiger charge is -2.32. The van der Waals surface area contributed by atoms with Crippen LogP contribution in [0.25, 0.3) is 0 Å². The van der Waals surface area contributed by atoms with E-state index < -0.39 is 10.2 Å². The molecule has 1 N–H and O–H groups in total. The second-order valence-electron chi connectivity index (χ2n) is 7.63. The van der Waals surface area contributed by atoms with Crippen molar-refractivity contribution in [2.45, 2.75) is 44.8 Å². The fourth-order valence-corrected chi connectivity index (χ4v) is 4.43. The molecule has 0 radical (unpaired) electrons. The Labute approximate surface area is 161 Å². The summed E-state index contributed by atoms with van der Waals surface area (Å²) >= 11 is 0. The molecule has 2 fully saturated rings.